The van der Waals surface area contributed by atoms with E-state index < -0.39 is 5.41 Å². The second-order valence-electron chi connectivity index (χ2n) is 8.35. The number of rotatable bonds is 3. The molecule has 1 saturated heterocycles. The number of benzene rings is 2. The highest BCUT2D eigenvalue weighted by molar-refractivity contribution is 5.98. The quantitative estimate of drug-likeness (QED) is 0.879. The van der Waals surface area contributed by atoms with Gasteiger partial charge in [0.05, 0.1) is 0 Å². The standard InChI is InChI=1S/C23H29N3O2/c1-17-8-5-6-11-20(17)25-12-14-26(15-13-25)21(27)18-9-7-10-19(16-18)24-22(28)23(2,3)4/h5-11,16H,12-15H2,1-4H3,(H,24,28). The molecular weight excluding hydrogens is 350 g/mol. The van der Waals surface area contributed by atoms with E-state index in [-0.39, 0.29) is 11.8 Å². The molecule has 1 N–H and O–H groups in total. The molecule has 28 heavy (non-hydrogen) atoms. The first-order chi connectivity index (χ1) is 13.3. The molecule has 0 aromatic heterocycles. The Morgan fingerprint density at radius 2 is 1.61 bits per heavy atom. The van der Waals surface area contributed by atoms with Crippen LogP contribution in [0, 0.1) is 12.3 Å². The Bertz CT molecular complexity index is 862. The largest absolute Gasteiger partial charge is 0.368 e. The number of anilines is 2. The third kappa shape index (κ3) is 4.53. The molecule has 0 unspecified atom stereocenters. The van der Waals surface area contributed by atoms with Crippen LogP contribution < -0.4 is 10.2 Å². The summed E-state index contributed by atoms with van der Waals surface area (Å²) in [6.45, 7) is 10.7. The van der Waals surface area contributed by atoms with Crippen LogP contribution in [0.25, 0.3) is 0 Å². The minimum atomic E-state index is -0.480. The number of carbonyl (C=O) groups is 2. The average Bonchev–Trinajstić information content (AvgIpc) is 2.67. The van der Waals surface area contributed by atoms with Gasteiger partial charge in [-0.05, 0) is 36.8 Å². The van der Waals surface area contributed by atoms with Gasteiger partial charge >= 0.3 is 0 Å². The summed E-state index contributed by atoms with van der Waals surface area (Å²) in [5.41, 5.74) is 3.28. The van der Waals surface area contributed by atoms with Crippen LogP contribution >= 0.6 is 0 Å². The molecule has 0 spiro atoms. The monoisotopic (exact) mass is 379 g/mol. The number of piperazine rings is 1. The van der Waals surface area contributed by atoms with Crippen LogP contribution in [0.5, 0.6) is 0 Å². The van der Waals surface area contributed by atoms with Crippen molar-refractivity contribution in [3.8, 4) is 0 Å². The molecule has 0 saturated carbocycles. The maximum Gasteiger partial charge on any atom is 0.254 e. The van der Waals surface area contributed by atoms with Gasteiger partial charge in [-0.1, -0.05) is 45.0 Å². The van der Waals surface area contributed by atoms with Crippen LogP contribution in [0.4, 0.5) is 11.4 Å². The molecule has 2 aromatic rings. The number of carbonyl (C=O) groups excluding carboxylic acids is 2. The number of nitrogens with one attached hydrogen (secondary N) is 1. The molecule has 5 heteroatoms. The number of amides is 2. The van der Waals surface area contributed by atoms with Crippen molar-refractivity contribution in [2.24, 2.45) is 5.41 Å². The Morgan fingerprint density at radius 1 is 0.929 bits per heavy atom. The molecule has 0 radical (unpaired) electrons. The minimum absolute atomic E-state index is 0.0105. The number of hydrogen-bond acceptors (Lipinski definition) is 3. The first-order valence-corrected chi connectivity index (χ1v) is 9.77. The lowest BCUT2D eigenvalue weighted by molar-refractivity contribution is -0.123. The Balaban J connectivity index is 1.65. The third-order valence-electron chi connectivity index (χ3n) is 5.07. The zero-order chi connectivity index (χ0) is 20.3. The fourth-order valence-electron chi connectivity index (χ4n) is 3.30. The van der Waals surface area contributed by atoms with Gasteiger partial charge in [0.2, 0.25) is 5.91 Å². The van der Waals surface area contributed by atoms with E-state index in [0.29, 0.717) is 24.3 Å². The fraction of sp³-hybridized carbons (Fsp3) is 0.391. The van der Waals surface area contributed by atoms with Gasteiger partial charge < -0.3 is 15.1 Å². The SMILES string of the molecule is Cc1ccccc1N1CCN(C(=O)c2cccc(NC(=O)C(C)(C)C)c2)CC1. The van der Waals surface area contributed by atoms with Crippen molar-refractivity contribution in [2.45, 2.75) is 27.7 Å². The second kappa shape index (κ2) is 8.05. The van der Waals surface area contributed by atoms with Gasteiger partial charge in [-0.2, -0.15) is 0 Å². The molecule has 0 aliphatic carbocycles. The van der Waals surface area contributed by atoms with Crippen molar-refractivity contribution in [1.29, 1.82) is 0 Å². The average molecular weight is 380 g/mol. The molecule has 1 aliphatic rings. The molecule has 5 nitrogen and oxygen atoms in total. The predicted octanol–water partition coefficient (Wildman–Crippen LogP) is 3.94. The molecule has 1 heterocycles. The minimum Gasteiger partial charge on any atom is -0.368 e. The Labute approximate surface area is 167 Å². The highest BCUT2D eigenvalue weighted by atomic mass is 16.2. The van der Waals surface area contributed by atoms with E-state index in [1.165, 1.54) is 11.3 Å². The first-order valence-electron chi connectivity index (χ1n) is 9.77. The van der Waals surface area contributed by atoms with E-state index in [1.807, 2.05) is 49.9 Å². The zero-order valence-electron chi connectivity index (χ0n) is 17.2. The number of aryl methyl sites for hydroxylation is 1. The first kappa shape index (κ1) is 19.9. The summed E-state index contributed by atoms with van der Waals surface area (Å²) >= 11 is 0. The number of nitrogens with zero attached hydrogens (tertiary/aromatic N) is 2. The van der Waals surface area contributed by atoms with Crippen LogP contribution in [-0.4, -0.2) is 42.9 Å². The summed E-state index contributed by atoms with van der Waals surface area (Å²) < 4.78 is 0. The molecule has 2 aromatic carbocycles. The maximum absolute atomic E-state index is 12.9. The van der Waals surface area contributed by atoms with E-state index in [4.69, 9.17) is 0 Å². The van der Waals surface area contributed by atoms with Crippen molar-refractivity contribution in [1.82, 2.24) is 4.90 Å². The summed E-state index contributed by atoms with van der Waals surface area (Å²) in [4.78, 5) is 29.4. The molecule has 2 amide bonds. The van der Waals surface area contributed by atoms with Gasteiger partial charge in [0.25, 0.3) is 5.91 Å². The normalized spacial score (nSPS) is 14.7. The van der Waals surface area contributed by atoms with Crippen LogP contribution in [0.15, 0.2) is 48.5 Å². The molecule has 3 rings (SSSR count). The Morgan fingerprint density at radius 3 is 2.25 bits per heavy atom. The molecule has 1 aliphatic heterocycles. The van der Waals surface area contributed by atoms with Gasteiger partial charge in [-0.3, -0.25) is 9.59 Å². The van der Waals surface area contributed by atoms with Gasteiger partial charge in [-0.15, -0.1) is 0 Å². The summed E-state index contributed by atoms with van der Waals surface area (Å²) in [5, 5.41) is 2.90. The molecule has 1 fully saturated rings. The van der Waals surface area contributed by atoms with Crippen LogP contribution in [-0.2, 0) is 4.79 Å². The topological polar surface area (TPSA) is 52.6 Å². The highest BCUT2D eigenvalue weighted by Gasteiger charge is 2.24. The highest BCUT2D eigenvalue weighted by Crippen LogP contribution is 2.22. The van der Waals surface area contributed by atoms with Crippen LogP contribution in [0.3, 0.4) is 0 Å². The van der Waals surface area contributed by atoms with Crippen molar-refractivity contribution in [3.63, 3.8) is 0 Å². The van der Waals surface area contributed by atoms with Crippen molar-refractivity contribution < 1.29 is 9.59 Å². The van der Waals surface area contributed by atoms with E-state index in [9.17, 15) is 9.59 Å². The van der Waals surface area contributed by atoms with Gasteiger partial charge in [-0.25, -0.2) is 0 Å². The van der Waals surface area contributed by atoms with Gasteiger partial charge in [0, 0.05) is 48.5 Å². The van der Waals surface area contributed by atoms with Gasteiger partial charge in [0.15, 0.2) is 0 Å². The van der Waals surface area contributed by atoms with E-state index in [0.717, 1.165) is 13.1 Å². The number of para-hydroxylation sites is 1. The fourth-order valence-corrected chi connectivity index (χ4v) is 3.30. The van der Waals surface area contributed by atoms with E-state index in [2.05, 4.69) is 35.3 Å². The van der Waals surface area contributed by atoms with E-state index in [1.54, 1.807) is 6.07 Å². The Hall–Kier alpha value is -2.82. The summed E-state index contributed by atoms with van der Waals surface area (Å²) in [5.74, 6) is -0.0553. The van der Waals surface area contributed by atoms with Crippen molar-refractivity contribution in [2.75, 3.05) is 36.4 Å². The Kier molecular flexibility index (Phi) is 5.73. The number of hydrogen-bond donors (Lipinski definition) is 1. The lowest BCUT2D eigenvalue weighted by Crippen LogP contribution is -2.49. The maximum atomic E-state index is 12.9. The third-order valence-corrected chi connectivity index (χ3v) is 5.07. The predicted molar refractivity (Wildman–Crippen MR) is 114 cm³/mol. The molecular formula is C23H29N3O2. The lowest BCUT2D eigenvalue weighted by Gasteiger charge is -2.36. The van der Waals surface area contributed by atoms with Crippen LogP contribution in [0.1, 0.15) is 36.7 Å². The summed E-state index contributed by atoms with van der Waals surface area (Å²) in [6.07, 6.45) is 0. The molecule has 0 bridgehead atoms. The zero-order valence-corrected chi connectivity index (χ0v) is 17.2. The molecule has 0 atom stereocenters. The van der Waals surface area contributed by atoms with Crippen molar-refractivity contribution in [3.05, 3.63) is 59.7 Å². The van der Waals surface area contributed by atoms with Crippen molar-refractivity contribution >= 4 is 23.2 Å². The van der Waals surface area contributed by atoms with Crippen LogP contribution in [0.2, 0.25) is 0 Å². The summed E-state index contributed by atoms with van der Waals surface area (Å²) in [7, 11) is 0. The van der Waals surface area contributed by atoms with Gasteiger partial charge in [0.1, 0.15) is 0 Å². The second-order valence-corrected chi connectivity index (χ2v) is 8.35. The summed E-state index contributed by atoms with van der Waals surface area (Å²) in [6, 6.07) is 15.5. The molecule has 148 valence electrons. The lowest BCUT2D eigenvalue weighted by atomic mass is 9.95. The van der Waals surface area contributed by atoms with E-state index >= 15 is 0 Å². The smallest absolute Gasteiger partial charge is 0.254 e.